The number of carbonyl (C=O) groups is 1. The lowest BCUT2D eigenvalue weighted by Gasteiger charge is -2.31. The van der Waals surface area contributed by atoms with Crippen LogP contribution in [-0.2, 0) is 9.53 Å². The van der Waals surface area contributed by atoms with Gasteiger partial charge in [-0.1, -0.05) is 0 Å². The van der Waals surface area contributed by atoms with E-state index in [1.54, 1.807) is 24.3 Å². The summed E-state index contributed by atoms with van der Waals surface area (Å²) in [6.45, 7) is 0.986. The number of nitrogens with one attached hydrogen (secondary N) is 1. The zero-order valence-electron chi connectivity index (χ0n) is 11.4. The van der Waals surface area contributed by atoms with Crippen LogP contribution in [0.25, 0.3) is 11.0 Å². The van der Waals surface area contributed by atoms with E-state index in [0.717, 1.165) is 5.39 Å². The van der Waals surface area contributed by atoms with Gasteiger partial charge in [-0.25, -0.2) is 4.79 Å². The smallest absolute Gasteiger partial charge is 0.336 e. The van der Waals surface area contributed by atoms with Crippen molar-refractivity contribution in [3.05, 3.63) is 40.8 Å². The lowest BCUT2D eigenvalue weighted by molar-refractivity contribution is -0.124. The van der Waals surface area contributed by atoms with Crippen LogP contribution in [0.1, 0.15) is 12.8 Å². The Morgan fingerprint density at radius 2 is 1.95 bits per heavy atom. The van der Waals surface area contributed by atoms with Crippen molar-refractivity contribution in [3.8, 4) is 0 Å². The number of amides is 1. The second-order valence-corrected chi connectivity index (χ2v) is 5.23. The van der Waals surface area contributed by atoms with E-state index in [-0.39, 0.29) is 5.91 Å². The normalized spacial score (nSPS) is 17.6. The number of fused-ring (bicyclic) bond motifs is 1. The molecular formula is C15H16N2O4. The Balaban J connectivity index is 1.82. The molecule has 0 radical (unpaired) electrons. The van der Waals surface area contributed by atoms with Gasteiger partial charge in [-0.2, -0.15) is 0 Å². The minimum atomic E-state index is -0.892. The lowest BCUT2D eigenvalue weighted by Crippen LogP contribution is -2.54. The fourth-order valence-corrected chi connectivity index (χ4v) is 2.37. The van der Waals surface area contributed by atoms with Crippen LogP contribution in [-0.4, -0.2) is 24.7 Å². The summed E-state index contributed by atoms with van der Waals surface area (Å²) in [5.41, 5.74) is 5.94. The van der Waals surface area contributed by atoms with E-state index in [4.69, 9.17) is 14.9 Å². The fourth-order valence-electron chi connectivity index (χ4n) is 2.37. The molecule has 2 aromatic rings. The molecule has 1 amide bonds. The van der Waals surface area contributed by atoms with Gasteiger partial charge in [0.15, 0.2) is 0 Å². The predicted octanol–water partition coefficient (Wildman–Crippen LogP) is 1.24. The molecule has 0 aliphatic carbocycles. The van der Waals surface area contributed by atoms with Crippen molar-refractivity contribution in [2.24, 2.45) is 5.73 Å². The summed E-state index contributed by atoms with van der Waals surface area (Å²) in [4.78, 5) is 23.4. The fraction of sp³-hybridized carbons (Fsp3) is 0.333. The summed E-state index contributed by atoms with van der Waals surface area (Å²) < 4.78 is 10.3. The van der Waals surface area contributed by atoms with Crippen molar-refractivity contribution in [1.29, 1.82) is 0 Å². The highest BCUT2D eigenvalue weighted by atomic mass is 16.5. The van der Waals surface area contributed by atoms with Crippen molar-refractivity contribution in [3.63, 3.8) is 0 Å². The van der Waals surface area contributed by atoms with Crippen LogP contribution in [0.2, 0.25) is 0 Å². The minimum absolute atomic E-state index is 0.220. The van der Waals surface area contributed by atoms with Crippen LogP contribution in [0, 0.1) is 0 Å². The van der Waals surface area contributed by atoms with Crippen molar-refractivity contribution in [2.45, 2.75) is 18.4 Å². The van der Waals surface area contributed by atoms with Gasteiger partial charge in [0.05, 0.1) is 0 Å². The molecule has 1 aliphatic heterocycles. The zero-order valence-corrected chi connectivity index (χ0v) is 11.4. The lowest BCUT2D eigenvalue weighted by atomic mass is 9.90. The van der Waals surface area contributed by atoms with Gasteiger partial charge in [0.1, 0.15) is 11.1 Å². The molecular weight excluding hydrogens is 272 g/mol. The molecule has 1 aromatic carbocycles. The number of benzene rings is 1. The molecule has 0 saturated carbocycles. The Bertz CT molecular complexity index is 732. The molecule has 6 heteroatoms. The predicted molar refractivity (Wildman–Crippen MR) is 78.1 cm³/mol. The van der Waals surface area contributed by atoms with E-state index in [0.29, 0.717) is 37.3 Å². The molecule has 1 aliphatic rings. The Kier molecular flexibility index (Phi) is 3.48. The first kappa shape index (κ1) is 13.8. The third-order valence-corrected chi connectivity index (χ3v) is 3.71. The largest absolute Gasteiger partial charge is 0.423 e. The highest BCUT2D eigenvalue weighted by molar-refractivity contribution is 5.99. The molecule has 3 N–H and O–H groups in total. The topological polar surface area (TPSA) is 94.6 Å². The molecule has 6 nitrogen and oxygen atoms in total. The highest BCUT2D eigenvalue weighted by Crippen LogP contribution is 2.22. The number of carbonyl (C=O) groups excluding carboxylic acids is 1. The molecule has 21 heavy (non-hydrogen) atoms. The number of ether oxygens (including phenoxy) is 1. The van der Waals surface area contributed by atoms with E-state index in [9.17, 15) is 9.59 Å². The molecule has 0 unspecified atom stereocenters. The average Bonchev–Trinajstić information content (AvgIpc) is 2.48. The van der Waals surface area contributed by atoms with E-state index < -0.39 is 11.2 Å². The van der Waals surface area contributed by atoms with Crippen LogP contribution in [0.3, 0.4) is 0 Å². The average molecular weight is 288 g/mol. The number of nitrogens with two attached hydrogens (primary N) is 1. The van der Waals surface area contributed by atoms with Gasteiger partial charge in [0.2, 0.25) is 5.91 Å². The van der Waals surface area contributed by atoms with Gasteiger partial charge in [-0.05, 0) is 37.1 Å². The molecule has 110 valence electrons. The second kappa shape index (κ2) is 5.31. The maximum absolute atomic E-state index is 12.3. The third kappa shape index (κ3) is 2.81. The van der Waals surface area contributed by atoms with Crippen molar-refractivity contribution in [1.82, 2.24) is 0 Å². The Labute approximate surface area is 120 Å². The van der Waals surface area contributed by atoms with Gasteiger partial charge >= 0.3 is 5.63 Å². The first-order valence-corrected chi connectivity index (χ1v) is 6.79. The summed E-state index contributed by atoms with van der Waals surface area (Å²) in [7, 11) is 0. The van der Waals surface area contributed by atoms with E-state index in [1.807, 2.05) is 0 Å². The molecule has 0 spiro atoms. The molecule has 0 atom stereocenters. The number of anilines is 1. The van der Waals surface area contributed by atoms with Crippen LogP contribution < -0.4 is 16.7 Å². The molecule has 0 bridgehead atoms. The zero-order chi connectivity index (χ0) is 14.9. The monoisotopic (exact) mass is 288 g/mol. The Hall–Kier alpha value is -2.18. The number of hydrogen-bond acceptors (Lipinski definition) is 5. The van der Waals surface area contributed by atoms with Gasteiger partial charge in [0, 0.05) is 30.4 Å². The number of hydrogen-bond donors (Lipinski definition) is 2. The van der Waals surface area contributed by atoms with Crippen LogP contribution in [0.4, 0.5) is 5.69 Å². The first-order chi connectivity index (χ1) is 10.1. The van der Waals surface area contributed by atoms with E-state index in [2.05, 4.69) is 5.32 Å². The SMILES string of the molecule is NC1(C(=O)Nc2ccc3oc(=O)ccc3c2)CCOCC1. The van der Waals surface area contributed by atoms with E-state index >= 15 is 0 Å². The molecule has 1 saturated heterocycles. The minimum Gasteiger partial charge on any atom is -0.423 e. The molecule has 3 rings (SSSR count). The van der Waals surface area contributed by atoms with Crippen molar-refractivity contribution < 1.29 is 13.9 Å². The van der Waals surface area contributed by atoms with Crippen LogP contribution in [0.5, 0.6) is 0 Å². The summed E-state index contributed by atoms with van der Waals surface area (Å²) in [6.07, 6.45) is 1.00. The van der Waals surface area contributed by atoms with Gasteiger partial charge in [-0.3, -0.25) is 4.79 Å². The van der Waals surface area contributed by atoms with Crippen LogP contribution in [0.15, 0.2) is 39.5 Å². The second-order valence-electron chi connectivity index (χ2n) is 5.23. The maximum Gasteiger partial charge on any atom is 0.336 e. The third-order valence-electron chi connectivity index (χ3n) is 3.71. The van der Waals surface area contributed by atoms with Gasteiger partial charge < -0.3 is 20.2 Å². The van der Waals surface area contributed by atoms with Crippen LogP contribution >= 0.6 is 0 Å². The Morgan fingerprint density at radius 1 is 1.19 bits per heavy atom. The summed E-state index contributed by atoms with van der Waals surface area (Å²) >= 11 is 0. The van der Waals surface area contributed by atoms with Crippen molar-refractivity contribution >= 4 is 22.6 Å². The molecule has 1 fully saturated rings. The summed E-state index contributed by atoms with van der Waals surface area (Å²) in [6, 6.07) is 8.09. The van der Waals surface area contributed by atoms with Gasteiger partial charge in [-0.15, -0.1) is 0 Å². The molecule has 2 heterocycles. The first-order valence-electron chi connectivity index (χ1n) is 6.79. The number of rotatable bonds is 2. The van der Waals surface area contributed by atoms with Gasteiger partial charge in [0.25, 0.3) is 0 Å². The van der Waals surface area contributed by atoms with Crippen molar-refractivity contribution in [2.75, 3.05) is 18.5 Å². The Morgan fingerprint density at radius 3 is 2.71 bits per heavy atom. The highest BCUT2D eigenvalue weighted by Gasteiger charge is 2.35. The van der Waals surface area contributed by atoms with E-state index in [1.165, 1.54) is 6.07 Å². The standard InChI is InChI=1S/C15H16N2O4/c16-15(5-7-20-8-6-15)14(19)17-11-2-3-12-10(9-11)1-4-13(18)21-12/h1-4,9H,5-8,16H2,(H,17,19). The summed E-state index contributed by atoms with van der Waals surface area (Å²) in [5.74, 6) is -0.220. The quantitative estimate of drug-likeness (QED) is 0.811. The maximum atomic E-state index is 12.3. The summed E-state index contributed by atoms with van der Waals surface area (Å²) in [5, 5.41) is 3.56. The molecule has 1 aromatic heterocycles.